The maximum atomic E-state index is 13.1. The first kappa shape index (κ1) is 16.5. The van der Waals surface area contributed by atoms with E-state index in [1.54, 1.807) is 0 Å². The van der Waals surface area contributed by atoms with Gasteiger partial charge in [0, 0.05) is 12.2 Å². The van der Waals surface area contributed by atoms with E-state index in [9.17, 15) is 9.18 Å². The van der Waals surface area contributed by atoms with Gasteiger partial charge in [0.2, 0.25) is 5.91 Å². The summed E-state index contributed by atoms with van der Waals surface area (Å²) in [6.07, 6.45) is 0. The van der Waals surface area contributed by atoms with Gasteiger partial charge < -0.3 is 5.32 Å². The molecule has 22 heavy (non-hydrogen) atoms. The van der Waals surface area contributed by atoms with E-state index < -0.39 is 5.82 Å². The second kappa shape index (κ2) is 7.38. The van der Waals surface area contributed by atoms with Crippen LogP contribution >= 0.6 is 11.6 Å². The molecule has 0 spiro atoms. The van der Waals surface area contributed by atoms with Crippen LogP contribution < -0.4 is 5.32 Å². The van der Waals surface area contributed by atoms with E-state index in [1.807, 2.05) is 49.2 Å². The molecule has 2 aromatic rings. The van der Waals surface area contributed by atoms with E-state index >= 15 is 0 Å². The smallest absolute Gasteiger partial charge is 0.241 e. The summed E-state index contributed by atoms with van der Waals surface area (Å²) >= 11 is 5.71. The van der Waals surface area contributed by atoms with Crippen LogP contribution in [0.3, 0.4) is 0 Å². The van der Waals surface area contributed by atoms with Gasteiger partial charge in [0.1, 0.15) is 5.82 Å². The van der Waals surface area contributed by atoms with Gasteiger partial charge in [-0.05, 0) is 37.7 Å². The molecule has 0 aliphatic carbocycles. The van der Waals surface area contributed by atoms with E-state index in [2.05, 4.69) is 5.32 Å². The van der Waals surface area contributed by atoms with E-state index in [0.29, 0.717) is 12.2 Å². The van der Waals surface area contributed by atoms with Crippen LogP contribution in [-0.4, -0.2) is 23.9 Å². The van der Waals surface area contributed by atoms with Crippen molar-refractivity contribution in [2.45, 2.75) is 19.5 Å². The van der Waals surface area contributed by atoms with Gasteiger partial charge in [-0.25, -0.2) is 4.39 Å². The molecule has 2 aromatic carbocycles. The minimum absolute atomic E-state index is 0.0110. The molecule has 0 aromatic heterocycles. The summed E-state index contributed by atoms with van der Waals surface area (Å²) in [7, 11) is 1.88. The normalized spacial score (nSPS) is 12.2. The molecule has 0 bridgehead atoms. The Bertz CT molecular complexity index is 648. The monoisotopic (exact) mass is 320 g/mol. The first-order chi connectivity index (χ1) is 10.5. The molecule has 3 nitrogen and oxygen atoms in total. The summed E-state index contributed by atoms with van der Waals surface area (Å²) < 4.78 is 13.1. The topological polar surface area (TPSA) is 32.3 Å². The highest BCUT2D eigenvalue weighted by Gasteiger charge is 2.18. The Balaban J connectivity index is 1.97. The Hall–Kier alpha value is -1.91. The zero-order valence-corrected chi connectivity index (χ0v) is 13.3. The molecule has 0 unspecified atom stereocenters. The van der Waals surface area contributed by atoms with Crippen molar-refractivity contribution in [2.75, 3.05) is 12.4 Å². The highest BCUT2D eigenvalue weighted by atomic mass is 35.5. The number of carbonyl (C=O) groups is 1. The Morgan fingerprint density at radius 3 is 2.59 bits per heavy atom. The number of hydrogen-bond donors (Lipinski definition) is 1. The Labute approximate surface area is 134 Å². The zero-order valence-electron chi connectivity index (χ0n) is 12.5. The van der Waals surface area contributed by atoms with Crippen molar-refractivity contribution < 1.29 is 9.18 Å². The number of halogens is 2. The number of anilines is 1. The van der Waals surface area contributed by atoms with Crippen molar-refractivity contribution in [3.05, 3.63) is 64.9 Å². The maximum Gasteiger partial charge on any atom is 0.241 e. The number of amides is 1. The fourth-order valence-electron chi connectivity index (χ4n) is 2.03. The maximum absolute atomic E-state index is 13.1. The number of rotatable bonds is 5. The number of benzene rings is 2. The van der Waals surface area contributed by atoms with Crippen molar-refractivity contribution in [1.82, 2.24) is 4.90 Å². The van der Waals surface area contributed by atoms with E-state index in [0.717, 1.165) is 5.56 Å². The second-order valence-electron chi connectivity index (χ2n) is 5.19. The van der Waals surface area contributed by atoms with Crippen molar-refractivity contribution in [2.24, 2.45) is 0 Å². The summed E-state index contributed by atoms with van der Waals surface area (Å²) in [4.78, 5) is 14.2. The van der Waals surface area contributed by atoms with Crippen LogP contribution in [0.5, 0.6) is 0 Å². The molecule has 0 aliphatic heterocycles. The fraction of sp³-hybridized carbons (Fsp3) is 0.235. The summed E-state index contributed by atoms with van der Waals surface area (Å²) in [5, 5.41) is 2.73. The molecule has 116 valence electrons. The zero-order chi connectivity index (χ0) is 16.1. The molecule has 0 radical (unpaired) electrons. The molecular weight excluding hydrogens is 303 g/mol. The van der Waals surface area contributed by atoms with Gasteiger partial charge in [-0.15, -0.1) is 0 Å². The first-order valence-corrected chi connectivity index (χ1v) is 7.35. The highest BCUT2D eigenvalue weighted by molar-refractivity contribution is 6.31. The van der Waals surface area contributed by atoms with E-state index in [-0.39, 0.29) is 17.0 Å². The van der Waals surface area contributed by atoms with Crippen LogP contribution in [0, 0.1) is 5.82 Å². The van der Waals surface area contributed by atoms with Gasteiger partial charge in [-0.2, -0.15) is 0 Å². The molecule has 0 saturated carbocycles. The lowest BCUT2D eigenvalue weighted by molar-refractivity contribution is -0.120. The average molecular weight is 321 g/mol. The van der Waals surface area contributed by atoms with Gasteiger partial charge in [0.15, 0.2) is 0 Å². The standard InChI is InChI=1S/C17H18ClFN2O/c1-12(21(2)11-13-6-4-3-5-7-13)17(22)20-14-8-9-16(19)15(18)10-14/h3-10,12H,11H2,1-2H3,(H,20,22)/t12-/m0/s1. The largest absolute Gasteiger partial charge is 0.325 e. The van der Waals surface area contributed by atoms with Gasteiger partial charge in [-0.3, -0.25) is 9.69 Å². The molecule has 1 N–H and O–H groups in total. The van der Waals surface area contributed by atoms with Crippen molar-refractivity contribution in [1.29, 1.82) is 0 Å². The van der Waals surface area contributed by atoms with Crippen LogP contribution in [0.15, 0.2) is 48.5 Å². The van der Waals surface area contributed by atoms with Crippen LogP contribution in [0.4, 0.5) is 10.1 Å². The SMILES string of the molecule is C[C@@H](C(=O)Nc1ccc(F)c(Cl)c1)N(C)Cc1ccccc1. The van der Waals surface area contributed by atoms with Crippen molar-refractivity contribution >= 4 is 23.2 Å². The third-order valence-corrected chi connectivity index (χ3v) is 3.79. The molecule has 5 heteroatoms. The van der Waals surface area contributed by atoms with E-state index in [1.165, 1.54) is 18.2 Å². The third kappa shape index (κ3) is 4.29. The molecule has 2 rings (SSSR count). The average Bonchev–Trinajstić information content (AvgIpc) is 2.51. The molecular formula is C17H18ClFN2O. The fourth-order valence-corrected chi connectivity index (χ4v) is 2.21. The summed E-state index contributed by atoms with van der Waals surface area (Å²) in [6.45, 7) is 2.49. The Morgan fingerprint density at radius 1 is 1.27 bits per heavy atom. The lowest BCUT2D eigenvalue weighted by atomic mass is 10.2. The Kier molecular flexibility index (Phi) is 5.52. The number of likely N-dealkylation sites (N-methyl/N-ethyl adjacent to an activating group) is 1. The summed E-state index contributed by atoms with van der Waals surface area (Å²) in [5.74, 6) is -0.671. The molecule has 0 heterocycles. The second-order valence-corrected chi connectivity index (χ2v) is 5.60. The predicted octanol–water partition coefficient (Wildman–Crippen LogP) is 3.94. The van der Waals surface area contributed by atoms with Gasteiger partial charge in [0.25, 0.3) is 0 Å². The number of carbonyl (C=O) groups excluding carboxylic acids is 1. The van der Waals surface area contributed by atoms with Crippen LogP contribution in [0.2, 0.25) is 5.02 Å². The lowest BCUT2D eigenvalue weighted by Gasteiger charge is -2.24. The summed E-state index contributed by atoms with van der Waals surface area (Å²) in [6, 6.07) is 13.7. The number of nitrogens with one attached hydrogen (secondary N) is 1. The first-order valence-electron chi connectivity index (χ1n) is 6.97. The van der Waals surface area contributed by atoms with Crippen LogP contribution in [0.1, 0.15) is 12.5 Å². The van der Waals surface area contributed by atoms with Crippen LogP contribution in [0.25, 0.3) is 0 Å². The van der Waals surface area contributed by atoms with Crippen LogP contribution in [-0.2, 0) is 11.3 Å². The van der Waals surface area contributed by atoms with Gasteiger partial charge >= 0.3 is 0 Å². The highest BCUT2D eigenvalue weighted by Crippen LogP contribution is 2.19. The van der Waals surface area contributed by atoms with E-state index in [4.69, 9.17) is 11.6 Å². The number of hydrogen-bond acceptors (Lipinski definition) is 2. The lowest BCUT2D eigenvalue weighted by Crippen LogP contribution is -2.39. The third-order valence-electron chi connectivity index (χ3n) is 3.50. The molecule has 0 saturated heterocycles. The molecule has 0 aliphatic rings. The van der Waals surface area contributed by atoms with Gasteiger partial charge in [-0.1, -0.05) is 41.9 Å². The van der Waals surface area contributed by atoms with Crippen molar-refractivity contribution in [3.8, 4) is 0 Å². The molecule has 1 atom stereocenters. The Morgan fingerprint density at radius 2 is 1.95 bits per heavy atom. The molecule has 0 fully saturated rings. The molecule has 1 amide bonds. The van der Waals surface area contributed by atoms with Gasteiger partial charge in [0.05, 0.1) is 11.1 Å². The minimum Gasteiger partial charge on any atom is -0.325 e. The summed E-state index contributed by atoms with van der Waals surface area (Å²) in [5.41, 5.74) is 1.62. The quantitative estimate of drug-likeness (QED) is 0.905. The van der Waals surface area contributed by atoms with Crippen molar-refractivity contribution in [3.63, 3.8) is 0 Å². The predicted molar refractivity (Wildman–Crippen MR) is 87.4 cm³/mol. The number of nitrogens with zero attached hydrogens (tertiary/aromatic N) is 1. The minimum atomic E-state index is -0.506.